The molecule has 1 aliphatic heterocycles. The summed E-state index contributed by atoms with van der Waals surface area (Å²) in [7, 11) is 0. The number of esters is 1. The lowest BCUT2D eigenvalue weighted by atomic mass is 9.55. The predicted octanol–water partition coefficient (Wildman–Crippen LogP) is 5.53. The van der Waals surface area contributed by atoms with E-state index in [0.29, 0.717) is 16.4 Å². The lowest BCUT2D eigenvalue weighted by Crippen LogP contribution is -2.41. The topological polar surface area (TPSA) is 92.8 Å². The second-order valence-corrected chi connectivity index (χ2v) is 10.9. The molecule has 0 unspecified atom stereocenters. The molecule has 8 rings (SSSR count). The Bertz CT molecular complexity index is 1620. The summed E-state index contributed by atoms with van der Waals surface area (Å²) >= 11 is 5.85. The lowest BCUT2D eigenvalue weighted by molar-refractivity contribution is -0.122. The minimum atomic E-state index is -0.695. The molecule has 0 spiro atoms. The second-order valence-electron chi connectivity index (χ2n) is 10.5. The summed E-state index contributed by atoms with van der Waals surface area (Å²) in [5, 5.41) is 3.16. The molecule has 8 heteroatoms. The first kappa shape index (κ1) is 25.2. The highest BCUT2D eigenvalue weighted by Gasteiger charge is 2.61. The number of amides is 3. The number of rotatable bonds is 5. The maximum Gasteiger partial charge on any atom is 0.338 e. The highest BCUT2D eigenvalue weighted by Crippen LogP contribution is 2.61. The molecular formula is C33H23ClN2O5. The van der Waals surface area contributed by atoms with E-state index in [1.165, 1.54) is 17.0 Å². The Balaban J connectivity index is 1.09. The molecule has 0 aromatic heterocycles. The molecule has 0 radical (unpaired) electrons. The van der Waals surface area contributed by atoms with Crippen LogP contribution in [0.3, 0.4) is 0 Å². The molecule has 3 aliphatic carbocycles. The molecule has 1 heterocycles. The number of ether oxygens (including phenoxy) is 1. The van der Waals surface area contributed by atoms with Crippen LogP contribution in [0.2, 0.25) is 5.02 Å². The number of nitrogens with zero attached hydrogens (tertiary/aromatic N) is 1. The van der Waals surface area contributed by atoms with E-state index in [9.17, 15) is 19.2 Å². The van der Waals surface area contributed by atoms with E-state index in [1.807, 2.05) is 24.3 Å². The van der Waals surface area contributed by atoms with Crippen LogP contribution in [0.4, 0.5) is 11.4 Å². The third kappa shape index (κ3) is 4.04. The molecule has 7 nitrogen and oxygen atoms in total. The van der Waals surface area contributed by atoms with Gasteiger partial charge in [0.15, 0.2) is 6.61 Å². The number of benzene rings is 4. The molecule has 1 saturated heterocycles. The summed E-state index contributed by atoms with van der Waals surface area (Å²) in [4.78, 5) is 53.8. The maximum absolute atomic E-state index is 13.9. The van der Waals surface area contributed by atoms with Gasteiger partial charge >= 0.3 is 5.97 Å². The van der Waals surface area contributed by atoms with E-state index >= 15 is 0 Å². The van der Waals surface area contributed by atoms with E-state index in [0.717, 1.165) is 22.3 Å². The van der Waals surface area contributed by atoms with E-state index in [1.54, 1.807) is 36.4 Å². The second kappa shape index (κ2) is 9.71. The number of anilines is 2. The maximum atomic E-state index is 13.9. The number of halogens is 1. The van der Waals surface area contributed by atoms with Crippen molar-refractivity contribution in [3.05, 3.63) is 130 Å². The van der Waals surface area contributed by atoms with Gasteiger partial charge < -0.3 is 10.1 Å². The van der Waals surface area contributed by atoms with Gasteiger partial charge in [-0.15, -0.1) is 0 Å². The summed E-state index contributed by atoms with van der Waals surface area (Å²) in [6.07, 6.45) is 0. The Kier molecular flexibility index (Phi) is 5.98. The summed E-state index contributed by atoms with van der Waals surface area (Å²) in [5.74, 6) is -2.99. The van der Waals surface area contributed by atoms with Gasteiger partial charge in [0.25, 0.3) is 5.91 Å². The molecular weight excluding hydrogens is 540 g/mol. The van der Waals surface area contributed by atoms with Gasteiger partial charge in [-0.1, -0.05) is 60.1 Å². The first-order chi connectivity index (χ1) is 19.9. The van der Waals surface area contributed by atoms with E-state index in [2.05, 4.69) is 29.6 Å². The van der Waals surface area contributed by atoms with Crippen LogP contribution in [0.15, 0.2) is 97.1 Å². The first-order valence-corrected chi connectivity index (χ1v) is 13.7. The van der Waals surface area contributed by atoms with Crippen LogP contribution in [0.1, 0.15) is 44.4 Å². The Morgan fingerprint density at radius 3 is 1.68 bits per heavy atom. The van der Waals surface area contributed by atoms with Crippen molar-refractivity contribution in [2.75, 3.05) is 16.8 Å². The predicted molar refractivity (Wildman–Crippen MR) is 153 cm³/mol. The largest absolute Gasteiger partial charge is 0.452 e. The van der Waals surface area contributed by atoms with Crippen LogP contribution in [-0.2, 0) is 19.1 Å². The fourth-order valence-electron chi connectivity index (χ4n) is 6.62. The standard InChI is InChI=1S/C33H23ClN2O5/c34-19-11-13-20(14-12-19)35-26(37)17-41-33(40)18-9-15-21(16-10-18)36-31(38)29-27-22-5-1-2-6-23(22)28(30(29)32(36)39)25-8-4-3-7-24(25)27/h1-16,27-30H,17H2,(H,35,37)/t27?,28?,29-,30+. The van der Waals surface area contributed by atoms with Crippen molar-refractivity contribution in [2.24, 2.45) is 11.8 Å². The molecule has 4 aromatic rings. The molecule has 1 N–H and O–H groups in total. The molecule has 4 aromatic carbocycles. The van der Waals surface area contributed by atoms with E-state index < -0.39 is 30.3 Å². The highest BCUT2D eigenvalue weighted by atomic mass is 35.5. The van der Waals surface area contributed by atoms with Crippen molar-refractivity contribution >= 4 is 46.7 Å². The van der Waals surface area contributed by atoms with Gasteiger partial charge in [-0.05, 0) is 70.8 Å². The van der Waals surface area contributed by atoms with Crippen molar-refractivity contribution in [1.82, 2.24) is 0 Å². The van der Waals surface area contributed by atoms with Crippen molar-refractivity contribution in [1.29, 1.82) is 0 Å². The van der Waals surface area contributed by atoms with Gasteiger partial charge in [0.1, 0.15) is 0 Å². The van der Waals surface area contributed by atoms with Gasteiger partial charge in [0.05, 0.1) is 23.1 Å². The fourth-order valence-corrected chi connectivity index (χ4v) is 6.75. The van der Waals surface area contributed by atoms with Crippen LogP contribution < -0.4 is 10.2 Å². The first-order valence-electron chi connectivity index (χ1n) is 13.3. The van der Waals surface area contributed by atoms with E-state index in [-0.39, 0.29) is 29.2 Å². The summed E-state index contributed by atoms with van der Waals surface area (Å²) in [6.45, 7) is -0.473. The zero-order valence-electron chi connectivity index (χ0n) is 21.6. The fraction of sp³-hybridized carbons (Fsp3) is 0.152. The Morgan fingerprint density at radius 2 is 1.20 bits per heavy atom. The number of imide groups is 1. The number of hydrogen-bond acceptors (Lipinski definition) is 5. The monoisotopic (exact) mass is 562 g/mol. The van der Waals surface area contributed by atoms with Gasteiger partial charge in [0, 0.05) is 22.5 Å². The highest BCUT2D eigenvalue weighted by molar-refractivity contribution is 6.30. The summed E-state index contributed by atoms with van der Waals surface area (Å²) in [6, 6.07) is 28.9. The Morgan fingerprint density at radius 1 is 0.707 bits per heavy atom. The zero-order valence-corrected chi connectivity index (χ0v) is 22.4. The summed E-state index contributed by atoms with van der Waals surface area (Å²) < 4.78 is 5.15. The minimum absolute atomic E-state index is 0.188. The number of nitrogens with one attached hydrogen (secondary N) is 1. The quantitative estimate of drug-likeness (QED) is 0.255. The van der Waals surface area contributed by atoms with Crippen LogP contribution in [-0.4, -0.2) is 30.3 Å². The smallest absolute Gasteiger partial charge is 0.338 e. The average molecular weight is 563 g/mol. The van der Waals surface area contributed by atoms with Gasteiger partial charge in [-0.25, -0.2) is 9.69 Å². The minimum Gasteiger partial charge on any atom is -0.452 e. The molecule has 3 amide bonds. The van der Waals surface area contributed by atoms with Gasteiger partial charge in [-0.3, -0.25) is 14.4 Å². The van der Waals surface area contributed by atoms with Crippen molar-refractivity contribution < 1.29 is 23.9 Å². The third-order valence-electron chi connectivity index (χ3n) is 8.27. The third-order valence-corrected chi connectivity index (χ3v) is 8.52. The summed E-state index contributed by atoms with van der Waals surface area (Å²) in [5.41, 5.74) is 5.57. The number of carbonyl (C=O) groups excluding carboxylic acids is 4. The number of carbonyl (C=O) groups is 4. The molecule has 2 bridgehead atoms. The van der Waals surface area contributed by atoms with Crippen LogP contribution in [0.25, 0.3) is 0 Å². The SMILES string of the molecule is O=C(COC(=O)c1ccc(N2C(=O)[C@@H]3C4c5ccccc5C(c5ccccc54)[C@@H]3C2=O)cc1)Nc1ccc(Cl)cc1. The average Bonchev–Trinajstić information content (AvgIpc) is 3.27. The van der Waals surface area contributed by atoms with Gasteiger partial charge in [-0.2, -0.15) is 0 Å². The Labute approximate surface area is 240 Å². The van der Waals surface area contributed by atoms with Crippen LogP contribution in [0, 0.1) is 11.8 Å². The van der Waals surface area contributed by atoms with Crippen LogP contribution in [0.5, 0.6) is 0 Å². The Hall–Kier alpha value is -4.75. The van der Waals surface area contributed by atoms with Crippen molar-refractivity contribution in [2.45, 2.75) is 11.8 Å². The van der Waals surface area contributed by atoms with Crippen molar-refractivity contribution in [3.63, 3.8) is 0 Å². The zero-order chi connectivity index (χ0) is 28.2. The van der Waals surface area contributed by atoms with Gasteiger partial charge in [0.2, 0.25) is 11.8 Å². The van der Waals surface area contributed by atoms with E-state index in [4.69, 9.17) is 16.3 Å². The lowest BCUT2D eigenvalue weighted by Gasteiger charge is -2.45. The molecule has 41 heavy (non-hydrogen) atoms. The van der Waals surface area contributed by atoms with Crippen LogP contribution >= 0.6 is 11.6 Å². The van der Waals surface area contributed by atoms with Crippen molar-refractivity contribution in [3.8, 4) is 0 Å². The number of hydrogen-bond donors (Lipinski definition) is 1. The normalized spacial score (nSPS) is 21.6. The molecule has 1 fully saturated rings. The molecule has 202 valence electrons. The molecule has 0 saturated carbocycles. The molecule has 2 atom stereocenters. The molecule has 4 aliphatic rings.